The fourth-order valence-electron chi connectivity index (χ4n) is 2.71. The number of allylic oxidation sites excluding steroid dienone is 1. The number of nitrogens with zero attached hydrogens (tertiary/aromatic N) is 1. The number of hydrogen-bond donors (Lipinski definition) is 2. The first-order chi connectivity index (χ1) is 9.58. The first-order valence-corrected chi connectivity index (χ1v) is 7.21. The number of rotatable bonds is 5. The first-order valence-electron chi connectivity index (χ1n) is 7.21. The first kappa shape index (κ1) is 14.6. The molecule has 1 aromatic rings. The zero-order valence-corrected chi connectivity index (χ0v) is 12.2. The molecule has 0 spiro atoms. The van der Waals surface area contributed by atoms with Crippen LogP contribution in [0.5, 0.6) is 0 Å². The van der Waals surface area contributed by atoms with Gasteiger partial charge in [0.2, 0.25) is 0 Å². The molecule has 4 heteroatoms. The molecule has 1 aliphatic rings. The molecule has 1 aromatic heterocycles. The lowest BCUT2D eigenvalue weighted by Gasteiger charge is -2.15. The molecule has 0 saturated carbocycles. The van der Waals surface area contributed by atoms with Gasteiger partial charge in [-0.15, -0.1) is 0 Å². The molecule has 0 aromatic carbocycles. The Hall–Kier alpha value is -1.84. The van der Waals surface area contributed by atoms with Crippen LogP contribution < -0.4 is 5.32 Å². The van der Waals surface area contributed by atoms with Crippen LogP contribution in [0.25, 0.3) is 0 Å². The minimum absolute atomic E-state index is 0.285. The van der Waals surface area contributed by atoms with E-state index in [0.717, 1.165) is 24.2 Å². The van der Waals surface area contributed by atoms with E-state index in [0.29, 0.717) is 5.82 Å². The number of carboxylic acid groups (broad SMARTS) is 1. The van der Waals surface area contributed by atoms with E-state index in [1.54, 1.807) is 6.07 Å². The number of aryl methyl sites for hydroxylation is 2. The van der Waals surface area contributed by atoms with Crippen molar-refractivity contribution < 1.29 is 9.90 Å². The van der Waals surface area contributed by atoms with E-state index in [9.17, 15) is 9.90 Å². The van der Waals surface area contributed by atoms with E-state index >= 15 is 0 Å². The van der Waals surface area contributed by atoms with E-state index in [-0.39, 0.29) is 5.56 Å². The number of carboxylic acids is 1. The molecule has 0 amide bonds. The van der Waals surface area contributed by atoms with Crippen LogP contribution in [0.2, 0.25) is 0 Å². The molecule has 0 radical (unpaired) electrons. The van der Waals surface area contributed by atoms with Crippen molar-refractivity contribution in [1.29, 1.82) is 0 Å². The highest BCUT2D eigenvalue weighted by molar-refractivity contribution is 5.94. The SMILES string of the molecule is Cc1cc(C)c(C(=O)O)c(NCCC2=CCCCC2)n1. The molecule has 1 heterocycles. The summed E-state index contributed by atoms with van der Waals surface area (Å²) >= 11 is 0. The Morgan fingerprint density at radius 2 is 2.20 bits per heavy atom. The largest absolute Gasteiger partial charge is 0.478 e. The molecular weight excluding hydrogens is 252 g/mol. The van der Waals surface area contributed by atoms with E-state index < -0.39 is 5.97 Å². The van der Waals surface area contributed by atoms with Crippen molar-refractivity contribution in [3.8, 4) is 0 Å². The Labute approximate surface area is 119 Å². The minimum Gasteiger partial charge on any atom is -0.478 e. The van der Waals surface area contributed by atoms with Crippen LogP contribution >= 0.6 is 0 Å². The molecule has 0 bridgehead atoms. The molecule has 0 saturated heterocycles. The van der Waals surface area contributed by atoms with Crippen LogP contribution in [0, 0.1) is 13.8 Å². The minimum atomic E-state index is -0.922. The highest BCUT2D eigenvalue weighted by Crippen LogP contribution is 2.22. The predicted octanol–water partition coefficient (Wildman–Crippen LogP) is 3.70. The summed E-state index contributed by atoms with van der Waals surface area (Å²) in [7, 11) is 0. The van der Waals surface area contributed by atoms with Gasteiger partial charge in [0.15, 0.2) is 0 Å². The summed E-state index contributed by atoms with van der Waals surface area (Å²) < 4.78 is 0. The quantitative estimate of drug-likeness (QED) is 0.804. The predicted molar refractivity (Wildman–Crippen MR) is 80.3 cm³/mol. The number of nitrogens with one attached hydrogen (secondary N) is 1. The van der Waals surface area contributed by atoms with Crippen molar-refractivity contribution in [3.63, 3.8) is 0 Å². The number of hydrogen-bond acceptors (Lipinski definition) is 3. The summed E-state index contributed by atoms with van der Waals surface area (Å²) in [5, 5.41) is 12.5. The fourth-order valence-corrected chi connectivity index (χ4v) is 2.71. The molecular formula is C16H22N2O2. The summed E-state index contributed by atoms with van der Waals surface area (Å²) in [6.07, 6.45) is 8.20. The van der Waals surface area contributed by atoms with Gasteiger partial charge in [0.25, 0.3) is 0 Å². The number of carbonyl (C=O) groups is 1. The van der Waals surface area contributed by atoms with Gasteiger partial charge in [0.05, 0.1) is 0 Å². The van der Waals surface area contributed by atoms with Gasteiger partial charge in [-0.1, -0.05) is 11.6 Å². The average Bonchev–Trinajstić information content (AvgIpc) is 2.38. The van der Waals surface area contributed by atoms with E-state index in [4.69, 9.17) is 0 Å². The average molecular weight is 274 g/mol. The molecule has 0 atom stereocenters. The highest BCUT2D eigenvalue weighted by Gasteiger charge is 2.15. The number of pyridine rings is 1. The number of anilines is 1. The van der Waals surface area contributed by atoms with Gasteiger partial charge in [-0.25, -0.2) is 9.78 Å². The third-order valence-electron chi connectivity index (χ3n) is 3.68. The molecule has 0 unspecified atom stereocenters. The normalized spacial score (nSPS) is 14.8. The maximum atomic E-state index is 11.3. The van der Waals surface area contributed by atoms with Gasteiger partial charge >= 0.3 is 5.97 Å². The van der Waals surface area contributed by atoms with Crippen LogP contribution in [0.1, 0.15) is 53.7 Å². The molecule has 20 heavy (non-hydrogen) atoms. The van der Waals surface area contributed by atoms with Gasteiger partial charge in [-0.3, -0.25) is 0 Å². The third kappa shape index (κ3) is 3.59. The smallest absolute Gasteiger partial charge is 0.339 e. The molecule has 108 valence electrons. The van der Waals surface area contributed by atoms with Gasteiger partial charge in [0.1, 0.15) is 11.4 Å². The second kappa shape index (κ2) is 6.55. The van der Waals surface area contributed by atoms with Crippen LogP contribution in [-0.2, 0) is 0 Å². The van der Waals surface area contributed by atoms with Crippen LogP contribution in [0.3, 0.4) is 0 Å². The monoisotopic (exact) mass is 274 g/mol. The lowest BCUT2D eigenvalue weighted by atomic mass is 9.97. The Morgan fingerprint density at radius 1 is 1.40 bits per heavy atom. The second-order valence-corrected chi connectivity index (χ2v) is 5.39. The van der Waals surface area contributed by atoms with Crippen molar-refractivity contribution in [2.45, 2.75) is 46.0 Å². The molecule has 4 nitrogen and oxygen atoms in total. The van der Waals surface area contributed by atoms with Crippen LogP contribution in [0.15, 0.2) is 17.7 Å². The van der Waals surface area contributed by atoms with Gasteiger partial charge in [0, 0.05) is 12.2 Å². The Balaban J connectivity index is 2.05. The number of aromatic carboxylic acids is 1. The molecule has 1 aliphatic carbocycles. The zero-order chi connectivity index (χ0) is 14.5. The van der Waals surface area contributed by atoms with Gasteiger partial charge in [-0.05, 0) is 57.6 Å². The third-order valence-corrected chi connectivity index (χ3v) is 3.68. The maximum absolute atomic E-state index is 11.3. The van der Waals surface area contributed by atoms with Crippen molar-refractivity contribution in [3.05, 3.63) is 34.5 Å². The summed E-state index contributed by atoms with van der Waals surface area (Å²) in [5.41, 5.74) is 3.36. The highest BCUT2D eigenvalue weighted by atomic mass is 16.4. The summed E-state index contributed by atoms with van der Waals surface area (Å²) in [4.78, 5) is 15.7. The van der Waals surface area contributed by atoms with Crippen LogP contribution in [0.4, 0.5) is 5.82 Å². The van der Waals surface area contributed by atoms with Crippen molar-refractivity contribution >= 4 is 11.8 Å². The van der Waals surface area contributed by atoms with E-state index in [2.05, 4.69) is 16.4 Å². The van der Waals surface area contributed by atoms with Crippen molar-refractivity contribution in [1.82, 2.24) is 4.98 Å². The number of aromatic nitrogens is 1. The Morgan fingerprint density at radius 3 is 2.85 bits per heavy atom. The zero-order valence-electron chi connectivity index (χ0n) is 12.2. The molecule has 2 rings (SSSR count). The molecule has 0 fully saturated rings. The lowest BCUT2D eigenvalue weighted by molar-refractivity contribution is 0.0697. The second-order valence-electron chi connectivity index (χ2n) is 5.39. The van der Waals surface area contributed by atoms with E-state index in [1.807, 2.05) is 13.8 Å². The fraction of sp³-hybridized carbons (Fsp3) is 0.500. The molecule has 0 aliphatic heterocycles. The molecule has 2 N–H and O–H groups in total. The van der Waals surface area contributed by atoms with Crippen molar-refractivity contribution in [2.24, 2.45) is 0 Å². The Kier molecular flexibility index (Phi) is 4.77. The van der Waals surface area contributed by atoms with E-state index in [1.165, 1.54) is 31.3 Å². The van der Waals surface area contributed by atoms with Crippen molar-refractivity contribution in [2.75, 3.05) is 11.9 Å². The maximum Gasteiger partial charge on any atom is 0.339 e. The van der Waals surface area contributed by atoms with Gasteiger partial charge in [-0.2, -0.15) is 0 Å². The Bertz CT molecular complexity index is 536. The summed E-state index contributed by atoms with van der Waals surface area (Å²) in [6, 6.07) is 1.80. The topological polar surface area (TPSA) is 62.2 Å². The summed E-state index contributed by atoms with van der Waals surface area (Å²) in [5.74, 6) is -0.430. The summed E-state index contributed by atoms with van der Waals surface area (Å²) in [6.45, 7) is 4.43. The standard InChI is InChI=1S/C16H22N2O2/c1-11-10-12(2)18-15(14(11)16(19)20)17-9-8-13-6-4-3-5-7-13/h6,10H,3-5,7-9H2,1-2H3,(H,17,18)(H,19,20). The van der Waals surface area contributed by atoms with Gasteiger partial charge < -0.3 is 10.4 Å². The lowest BCUT2D eigenvalue weighted by Crippen LogP contribution is -2.12. The van der Waals surface area contributed by atoms with Crippen LogP contribution in [-0.4, -0.2) is 22.6 Å².